The third-order valence-corrected chi connectivity index (χ3v) is 4.67. The first-order valence-corrected chi connectivity index (χ1v) is 9.02. The molecule has 0 saturated carbocycles. The first-order valence-electron chi connectivity index (χ1n) is 5.54. The van der Waals surface area contributed by atoms with Gasteiger partial charge in [0.1, 0.15) is 5.78 Å². The lowest BCUT2D eigenvalue weighted by atomic mass is 10.3. The van der Waals surface area contributed by atoms with Gasteiger partial charge in [0, 0.05) is 19.1 Å². The number of nitrogens with two attached hydrogens (primary N) is 1. The molecule has 18 heavy (non-hydrogen) atoms. The van der Waals surface area contributed by atoms with E-state index < -0.39 is 27.1 Å². The normalized spacial score (nSPS) is 15.4. The smallest absolute Gasteiger partial charge is 0.329 e. The van der Waals surface area contributed by atoms with Crippen molar-refractivity contribution in [3.8, 4) is 0 Å². The Bertz CT molecular complexity index is 338. The van der Waals surface area contributed by atoms with Gasteiger partial charge in [0.15, 0.2) is 0 Å². The van der Waals surface area contributed by atoms with Gasteiger partial charge < -0.3 is 25.3 Å². The molecule has 0 aromatic heterocycles. The van der Waals surface area contributed by atoms with E-state index in [4.69, 9.17) is 15.5 Å². The molecule has 1 unspecified atom stereocenters. The van der Waals surface area contributed by atoms with Crippen molar-refractivity contribution in [3.63, 3.8) is 0 Å². The summed E-state index contributed by atoms with van der Waals surface area (Å²) < 4.78 is 22.2. The minimum absolute atomic E-state index is 0.178. The standard InChI is InChI=1S/C8H22N2O6P2/c1-7(2)10(5-4-9)8(18(14,15)16)3-6-17(11,12)13/h7-8H,3-6,9H2,1-2H3,(H2,11,12,13)(H2,14,15,16). The predicted octanol–water partition coefficient (Wildman–Crippen LogP) is -0.273. The highest BCUT2D eigenvalue weighted by atomic mass is 31.2. The molecule has 0 amide bonds. The molecule has 0 saturated heterocycles. The van der Waals surface area contributed by atoms with E-state index in [-0.39, 0.29) is 25.6 Å². The summed E-state index contributed by atoms with van der Waals surface area (Å²) in [6.07, 6.45) is -0.830. The zero-order valence-electron chi connectivity index (χ0n) is 10.5. The topological polar surface area (TPSA) is 144 Å². The maximum absolute atomic E-state index is 11.4. The van der Waals surface area contributed by atoms with Crippen LogP contribution in [0.3, 0.4) is 0 Å². The Labute approximate surface area is 106 Å². The Hall–Kier alpha value is 0.220. The molecule has 0 aromatic rings. The minimum Gasteiger partial charge on any atom is -0.329 e. The van der Waals surface area contributed by atoms with Gasteiger partial charge in [-0.15, -0.1) is 0 Å². The molecule has 0 aromatic carbocycles. The monoisotopic (exact) mass is 304 g/mol. The number of nitrogens with zero attached hydrogens (tertiary/aromatic N) is 1. The fraction of sp³-hybridized carbons (Fsp3) is 1.00. The van der Waals surface area contributed by atoms with E-state index in [1.54, 1.807) is 13.8 Å². The van der Waals surface area contributed by atoms with Crippen molar-refractivity contribution in [1.29, 1.82) is 0 Å². The van der Waals surface area contributed by atoms with Crippen molar-refractivity contribution < 1.29 is 28.7 Å². The third-order valence-electron chi connectivity index (χ3n) is 2.50. The van der Waals surface area contributed by atoms with E-state index in [2.05, 4.69) is 0 Å². The summed E-state index contributed by atoms with van der Waals surface area (Å²) in [5.41, 5.74) is 5.38. The van der Waals surface area contributed by atoms with Gasteiger partial charge in [0.25, 0.3) is 0 Å². The van der Waals surface area contributed by atoms with Crippen LogP contribution in [-0.2, 0) is 9.13 Å². The predicted molar refractivity (Wildman–Crippen MR) is 68.3 cm³/mol. The van der Waals surface area contributed by atoms with Crippen molar-refractivity contribution in [1.82, 2.24) is 4.90 Å². The molecule has 0 bridgehead atoms. The van der Waals surface area contributed by atoms with E-state index >= 15 is 0 Å². The van der Waals surface area contributed by atoms with Gasteiger partial charge in [-0.05, 0) is 20.3 Å². The van der Waals surface area contributed by atoms with Crippen LogP contribution in [0, 0.1) is 0 Å². The SMILES string of the molecule is CC(C)N(CCN)C(CCP(=O)(O)O)P(=O)(O)O. The summed E-state index contributed by atoms with van der Waals surface area (Å²) in [6, 6.07) is -0.178. The second-order valence-electron chi connectivity index (χ2n) is 4.37. The number of rotatable bonds is 8. The average molecular weight is 304 g/mol. The van der Waals surface area contributed by atoms with Crippen LogP contribution in [0.25, 0.3) is 0 Å². The highest BCUT2D eigenvalue weighted by Crippen LogP contribution is 2.48. The van der Waals surface area contributed by atoms with Crippen molar-refractivity contribution in [2.75, 3.05) is 19.3 Å². The van der Waals surface area contributed by atoms with Crippen LogP contribution in [0.4, 0.5) is 0 Å². The van der Waals surface area contributed by atoms with E-state index in [1.165, 1.54) is 4.90 Å². The summed E-state index contributed by atoms with van der Waals surface area (Å²) in [7, 11) is -8.75. The van der Waals surface area contributed by atoms with Gasteiger partial charge in [0.2, 0.25) is 0 Å². The van der Waals surface area contributed by atoms with Gasteiger partial charge in [-0.1, -0.05) is 0 Å². The summed E-state index contributed by atoms with van der Waals surface area (Å²) in [5, 5.41) is 0. The lowest BCUT2D eigenvalue weighted by molar-refractivity contribution is 0.174. The van der Waals surface area contributed by atoms with Gasteiger partial charge >= 0.3 is 15.2 Å². The maximum atomic E-state index is 11.4. The highest BCUT2D eigenvalue weighted by molar-refractivity contribution is 7.53. The third kappa shape index (κ3) is 6.97. The maximum Gasteiger partial charge on any atom is 0.342 e. The van der Waals surface area contributed by atoms with Crippen LogP contribution in [0.1, 0.15) is 20.3 Å². The largest absolute Gasteiger partial charge is 0.342 e. The molecule has 6 N–H and O–H groups in total. The Morgan fingerprint density at radius 2 is 1.67 bits per heavy atom. The summed E-state index contributed by atoms with van der Waals surface area (Å²) in [6.45, 7) is 3.96. The van der Waals surface area contributed by atoms with E-state index in [0.29, 0.717) is 0 Å². The molecule has 0 heterocycles. The molecular formula is C8H22N2O6P2. The molecule has 0 aliphatic rings. The Balaban J connectivity index is 4.97. The average Bonchev–Trinajstić information content (AvgIpc) is 2.12. The molecule has 0 spiro atoms. The Morgan fingerprint density at radius 3 is 1.94 bits per heavy atom. The van der Waals surface area contributed by atoms with Crippen LogP contribution in [0.2, 0.25) is 0 Å². The number of hydrogen-bond acceptors (Lipinski definition) is 4. The van der Waals surface area contributed by atoms with Crippen molar-refractivity contribution in [3.05, 3.63) is 0 Å². The molecule has 110 valence electrons. The second kappa shape index (κ2) is 7.12. The molecule has 8 nitrogen and oxygen atoms in total. The lowest BCUT2D eigenvalue weighted by Crippen LogP contribution is -2.43. The molecule has 0 aliphatic carbocycles. The lowest BCUT2D eigenvalue weighted by Gasteiger charge is -2.34. The first kappa shape index (κ1) is 18.2. The second-order valence-corrected chi connectivity index (χ2v) is 7.92. The molecule has 1 atom stereocenters. The summed E-state index contributed by atoms with van der Waals surface area (Å²) in [4.78, 5) is 37.7. The zero-order chi connectivity index (χ0) is 14.6. The molecule has 0 radical (unpaired) electrons. The van der Waals surface area contributed by atoms with Gasteiger partial charge in [-0.25, -0.2) is 0 Å². The fourth-order valence-corrected chi connectivity index (χ4v) is 3.73. The summed E-state index contributed by atoms with van der Waals surface area (Å²) in [5.74, 6) is -1.21. The zero-order valence-corrected chi connectivity index (χ0v) is 12.3. The van der Waals surface area contributed by atoms with Crippen molar-refractivity contribution in [2.24, 2.45) is 5.73 Å². The molecule has 0 rings (SSSR count). The Kier molecular flexibility index (Phi) is 7.21. The first-order chi connectivity index (χ1) is 7.99. The number of hydrogen-bond donors (Lipinski definition) is 5. The molecule has 10 heteroatoms. The van der Waals surface area contributed by atoms with Crippen LogP contribution < -0.4 is 5.73 Å². The minimum atomic E-state index is -4.47. The molecule has 0 fully saturated rings. The van der Waals surface area contributed by atoms with Crippen LogP contribution in [-0.4, -0.2) is 55.5 Å². The van der Waals surface area contributed by atoms with Crippen LogP contribution >= 0.6 is 15.2 Å². The van der Waals surface area contributed by atoms with Gasteiger partial charge in [-0.2, -0.15) is 0 Å². The highest BCUT2D eigenvalue weighted by Gasteiger charge is 2.36. The van der Waals surface area contributed by atoms with E-state index in [9.17, 15) is 18.9 Å². The quantitative estimate of drug-likeness (QED) is 0.385. The molecular weight excluding hydrogens is 282 g/mol. The molecule has 0 aliphatic heterocycles. The van der Waals surface area contributed by atoms with Crippen molar-refractivity contribution in [2.45, 2.75) is 32.1 Å². The van der Waals surface area contributed by atoms with Gasteiger partial charge in [0.05, 0.1) is 6.16 Å². The summed E-state index contributed by atoms with van der Waals surface area (Å²) >= 11 is 0. The van der Waals surface area contributed by atoms with E-state index in [0.717, 1.165) is 0 Å². The van der Waals surface area contributed by atoms with Crippen LogP contribution in [0.15, 0.2) is 0 Å². The fourth-order valence-electron chi connectivity index (χ4n) is 1.71. The van der Waals surface area contributed by atoms with Crippen molar-refractivity contribution >= 4 is 15.2 Å². The van der Waals surface area contributed by atoms with E-state index in [1.807, 2.05) is 0 Å². The van der Waals surface area contributed by atoms with Crippen LogP contribution in [0.5, 0.6) is 0 Å². The van der Waals surface area contributed by atoms with Gasteiger partial charge in [-0.3, -0.25) is 14.0 Å². The Morgan fingerprint density at radius 1 is 1.17 bits per heavy atom.